The Kier molecular flexibility index (Phi) is 4.28. The molecule has 100 valence electrons. The fourth-order valence-corrected chi connectivity index (χ4v) is 2.71. The van der Waals surface area contributed by atoms with Crippen molar-refractivity contribution < 1.29 is 4.74 Å². The first-order chi connectivity index (χ1) is 8.65. The Morgan fingerprint density at radius 1 is 1.11 bits per heavy atom. The molecule has 0 aliphatic heterocycles. The number of rotatable bonds is 4. The Balaban J connectivity index is 2.07. The third kappa shape index (κ3) is 3.05. The highest BCUT2D eigenvalue weighted by atomic mass is 16.5. The first-order valence-corrected chi connectivity index (χ1v) is 7.14. The van der Waals surface area contributed by atoms with E-state index in [2.05, 4.69) is 38.1 Å². The summed E-state index contributed by atoms with van der Waals surface area (Å²) in [5.41, 5.74) is 7.18. The van der Waals surface area contributed by atoms with E-state index >= 15 is 0 Å². The summed E-state index contributed by atoms with van der Waals surface area (Å²) in [7, 11) is 0. The Bertz CT molecular complexity index is 363. The summed E-state index contributed by atoms with van der Waals surface area (Å²) in [5.74, 6) is 1.53. The van der Waals surface area contributed by atoms with Crippen LogP contribution in [-0.4, -0.2) is 12.1 Å². The average Bonchev–Trinajstić information content (AvgIpc) is 2.40. The van der Waals surface area contributed by atoms with Crippen LogP contribution in [0.1, 0.15) is 57.4 Å². The predicted molar refractivity (Wildman–Crippen MR) is 76.0 cm³/mol. The van der Waals surface area contributed by atoms with E-state index in [-0.39, 0.29) is 5.60 Å². The quantitative estimate of drug-likeness (QED) is 0.877. The molecule has 1 aromatic rings. The van der Waals surface area contributed by atoms with E-state index in [4.69, 9.17) is 10.5 Å². The first kappa shape index (κ1) is 13.4. The number of ether oxygens (including phenoxy) is 1. The van der Waals surface area contributed by atoms with Crippen molar-refractivity contribution in [1.29, 1.82) is 0 Å². The average molecular weight is 247 g/mol. The summed E-state index contributed by atoms with van der Waals surface area (Å²) in [6.07, 6.45) is 5.98. The molecule has 0 bridgehead atoms. The molecule has 0 unspecified atom stereocenters. The summed E-state index contributed by atoms with van der Waals surface area (Å²) < 4.78 is 6.20. The smallest absolute Gasteiger partial charge is 0.121 e. The van der Waals surface area contributed by atoms with Gasteiger partial charge in [0.15, 0.2) is 0 Å². The Labute approximate surface area is 111 Å². The second kappa shape index (κ2) is 5.75. The Hall–Kier alpha value is -1.02. The van der Waals surface area contributed by atoms with Gasteiger partial charge in [-0.1, -0.05) is 32.4 Å². The molecular weight excluding hydrogens is 222 g/mol. The van der Waals surface area contributed by atoms with Gasteiger partial charge in [0.25, 0.3) is 0 Å². The third-order valence-corrected chi connectivity index (χ3v) is 4.02. The van der Waals surface area contributed by atoms with Gasteiger partial charge < -0.3 is 10.5 Å². The molecule has 1 aliphatic carbocycles. The van der Waals surface area contributed by atoms with Crippen LogP contribution in [0.5, 0.6) is 5.75 Å². The molecule has 2 rings (SSSR count). The van der Waals surface area contributed by atoms with Crippen LogP contribution in [0.3, 0.4) is 0 Å². The van der Waals surface area contributed by atoms with E-state index in [0.29, 0.717) is 12.5 Å². The van der Waals surface area contributed by atoms with Crippen LogP contribution in [0.15, 0.2) is 24.3 Å². The van der Waals surface area contributed by atoms with Crippen LogP contribution >= 0.6 is 0 Å². The van der Waals surface area contributed by atoms with Crippen molar-refractivity contribution in [2.45, 2.75) is 57.5 Å². The van der Waals surface area contributed by atoms with Crippen molar-refractivity contribution in [3.05, 3.63) is 29.8 Å². The minimum absolute atomic E-state index is 0.113. The van der Waals surface area contributed by atoms with Gasteiger partial charge in [-0.15, -0.1) is 0 Å². The van der Waals surface area contributed by atoms with Gasteiger partial charge in [-0.2, -0.15) is 0 Å². The maximum atomic E-state index is 6.20. The van der Waals surface area contributed by atoms with E-state index in [9.17, 15) is 0 Å². The SMILES string of the molecule is CC(C)c1ccc(OC2(CN)CCCCC2)cc1. The Morgan fingerprint density at radius 2 is 1.72 bits per heavy atom. The highest BCUT2D eigenvalue weighted by Crippen LogP contribution is 2.32. The summed E-state index contributed by atoms with van der Waals surface area (Å²) in [4.78, 5) is 0. The maximum absolute atomic E-state index is 6.20. The minimum Gasteiger partial charge on any atom is -0.486 e. The topological polar surface area (TPSA) is 35.2 Å². The van der Waals surface area contributed by atoms with E-state index in [1.807, 2.05) is 0 Å². The normalized spacial score (nSPS) is 18.9. The Morgan fingerprint density at radius 3 is 2.22 bits per heavy atom. The van der Waals surface area contributed by atoms with Gasteiger partial charge in [-0.25, -0.2) is 0 Å². The second-order valence-electron chi connectivity index (χ2n) is 5.77. The molecule has 0 atom stereocenters. The van der Waals surface area contributed by atoms with Gasteiger partial charge in [0.05, 0.1) is 0 Å². The van der Waals surface area contributed by atoms with Crippen molar-refractivity contribution in [2.75, 3.05) is 6.54 Å². The van der Waals surface area contributed by atoms with Crippen LogP contribution < -0.4 is 10.5 Å². The van der Waals surface area contributed by atoms with Gasteiger partial charge in [0.1, 0.15) is 11.4 Å². The lowest BCUT2D eigenvalue weighted by molar-refractivity contribution is 0.0387. The molecule has 0 spiro atoms. The van der Waals surface area contributed by atoms with Crippen molar-refractivity contribution >= 4 is 0 Å². The van der Waals surface area contributed by atoms with Gasteiger partial charge in [0.2, 0.25) is 0 Å². The molecule has 0 heterocycles. The maximum Gasteiger partial charge on any atom is 0.121 e. The molecule has 1 aliphatic rings. The van der Waals surface area contributed by atoms with Gasteiger partial charge >= 0.3 is 0 Å². The molecule has 18 heavy (non-hydrogen) atoms. The predicted octanol–water partition coefficient (Wildman–Crippen LogP) is 3.85. The van der Waals surface area contributed by atoms with E-state index in [0.717, 1.165) is 18.6 Å². The summed E-state index contributed by atoms with van der Waals surface area (Å²) in [6.45, 7) is 5.04. The van der Waals surface area contributed by atoms with Crippen LogP contribution in [0.2, 0.25) is 0 Å². The standard InChI is InChI=1S/C16H25NO/c1-13(2)14-6-8-15(9-7-14)18-16(12-17)10-4-3-5-11-16/h6-9,13H,3-5,10-12,17H2,1-2H3. The van der Waals surface area contributed by atoms with Crippen LogP contribution in [0.4, 0.5) is 0 Å². The molecule has 0 amide bonds. The van der Waals surface area contributed by atoms with Crippen molar-refractivity contribution in [3.63, 3.8) is 0 Å². The molecule has 2 N–H and O–H groups in total. The summed E-state index contributed by atoms with van der Waals surface area (Å²) >= 11 is 0. The highest BCUT2D eigenvalue weighted by molar-refractivity contribution is 5.29. The monoisotopic (exact) mass is 247 g/mol. The molecule has 0 aromatic heterocycles. The van der Waals surface area contributed by atoms with Gasteiger partial charge in [-0.3, -0.25) is 0 Å². The van der Waals surface area contributed by atoms with Gasteiger partial charge in [0, 0.05) is 6.54 Å². The zero-order chi connectivity index (χ0) is 13.0. The molecule has 1 saturated carbocycles. The van der Waals surface area contributed by atoms with Crippen LogP contribution in [-0.2, 0) is 0 Å². The highest BCUT2D eigenvalue weighted by Gasteiger charge is 2.32. The van der Waals surface area contributed by atoms with Gasteiger partial charge in [-0.05, 0) is 49.3 Å². The van der Waals surface area contributed by atoms with Crippen molar-refractivity contribution in [3.8, 4) is 5.75 Å². The van der Waals surface area contributed by atoms with Crippen molar-refractivity contribution in [2.24, 2.45) is 5.73 Å². The second-order valence-corrected chi connectivity index (χ2v) is 5.77. The van der Waals surface area contributed by atoms with Crippen molar-refractivity contribution in [1.82, 2.24) is 0 Å². The lowest BCUT2D eigenvalue weighted by Crippen LogP contribution is -2.45. The lowest BCUT2D eigenvalue weighted by Gasteiger charge is -2.36. The zero-order valence-corrected chi connectivity index (χ0v) is 11.6. The molecule has 2 heteroatoms. The zero-order valence-electron chi connectivity index (χ0n) is 11.6. The van der Waals surface area contributed by atoms with Crippen LogP contribution in [0, 0.1) is 0 Å². The molecule has 1 fully saturated rings. The summed E-state index contributed by atoms with van der Waals surface area (Å²) in [6, 6.07) is 8.49. The largest absolute Gasteiger partial charge is 0.486 e. The fourth-order valence-electron chi connectivity index (χ4n) is 2.71. The molecule has 2 nitrogen and oxygen atoms in total. The number of benzene rings is 1. The van der Waals surface area contributed by atoms with E-state index in [1.54, 1.807) is 0 Å². The van der Waals surface area contributed by atoms with Crippen LogP contribution in [0.25, 0.3) is 0 Å². The molecular formula is C16H25NO. The fraction of sp³-hybridized carbons (Fsp3) is 0.625. The first-order valence-electron chi connectivity index (χ1n) is 7.14. The number of nitrogens with two attached hydrogens (primary N) is 1. The number of hydrogen-bond donors (Lipinski definition) is 1. The van der Waals surface area contributed by atoms with E-state index in [1.165, 1.54) is 24.8 Å². The van der Waals surface area contributed by atoms with E-state index < -0.39 is 0 Å². The molecule has 0 saturated heterocycles. The lowest BCUT2D eigenvalue weighted by atomic mass is 9.84. The number of hydrogen-bond acceptors (Lipinski definition) is 2. The minimum atomic E-state index is -0.113. The third-order valence-electron chi connectivity index (χ3n) is 4.02. The molecule has 1 aromatic carbocycles. The molecule has 0 radical (unpaired) electrons. The summed E-state index contributed by atoms with van der Waals surface area (Å²) in [5, 5.41) is 0.